The number of furan rings is 1. The van der Waals surface area contributed by atoms with Crippen LogP contribution in [-0.2, 0) is 6.42 Å². The molecule has 0 saturated carbocycles. The van der Waals surface area contributed by atoms with Crippen LogP contribution in [0.25, 0.3) is 0 Å². The number of hydrogen-bond acceptors (Lipinski definition) is 4. The van der Waals surface area contributed by atoms with Crippen molar-refractivity contribution >= 4 is 6.03 Å². The van der Waals surface area contributed by atoms with E-state index in [-0.39, 0.29) is 12.1 Å². The number of aliphatic hydroxyl groups is 1. The van der Waals surface area contributed by atoms with Crippen LogP contribution in [0.1, 0.15) is 36.3 Å². The van der Waals surface area contributed by atoms with Gasteiger partial charge in [-0.2, -0.15) is 0 Å². The number of carbonyl (C=O) groups excluding carboxylic acids is 1. The Balaban J connectivity index is 1.69. The van der Waals surface area contributed by atoms with Gasteiger partial charge in [0.2, 0.25) is 0 Å². The molecule has 2 aromatic heterocycles. The number of nitrogens with one attached hydrogen (secondary N) is 2. The van der Waals surface area contributed by atoms with Crippen molar-refractivity contribution in [3.8, 4) is 0 Å². The third-order valence-corrected chi connectivity index (χ3v) is 3.64. The molecule has 2 rings (SSSR count). The van der Waals surface area contributed by atoms with Crippen LogP contribution in [0.2, 0.25) is 0 Å². The molecule has 0 spiro atoms. The summed E-state index contributed by atoms with van der Waals surface area (Å²) in [5, 5.41) is 15.6. The normalized spacial score (nSPS) is 13.3. The fraction of sp³-hybridized carbons (Fsp3) is 0.412. The largest absolute Gasteiger partial charge is 0.467 e. The van der Waals surface area contributed by atoms with Gasteiger partial charge in [-0.1, -0.05) is 0 Å². The quantitative estimate of drug-likeness (QED) is 0.731. The summed E-state index contributed by atoms with van der Waals surface area (Å²) in [7, 11) is 0. The second-order valence-corrected chi connectivity index (χ2v) is 5.62. The summed E-state index contributed by atoms with van der Waals surface area (Å²) in [6, 6.07) is 4.99. The minimum absolute atomic E-state index is 0.169. The van der Waals surface area contributed by atoms with Gasteiger partial charge in [-0.25, -0.2) is 4.79 Å². The second kappa shape index (κ2) is 8.33. The van der Waals surface area contributed by atoms with Crippen LogP contribution in [0.5, 0.6) is 0 Å². The number of pyridine rings is 1. The van der Waals surface area contributed by atoms with Crippen molar-refractivity contribution in [1.82, 2.24) is 15.6 Å². The van der Waals surface area contributed by atoms with Crippen LogP contribution in [0.3, 0.4) is 0 Å². The van der Waals surface area contributed by atoms with Gasteiger partial charge in [-0.15, -0.1) is 0 Å². The molecule has 0 fully saturated rings. The lowest BCUT2D eigenvalue weighted by Gasteiger charge is -2.17. The average molecular weight is 317 g/mol. The Morgan fingerprint density at radius 2 is 2.26 bits per heavy atom. The molecule has 0 aliphatic heterocycles. The summed E-state index contributed by atoms with van der Waals surface area (Å²) in [5.41, 5.74) is 2.28. The van der Waals surface area contributed by atoms with Crippen LogP contribution in [0, 0.1) is 6.92 Å². The molecule has 0 saturated heterocycles. The van der Waals surface area contributed by atoms with Gasteiger partial charge < -0.3 is 20.2 Å². The van der Waals surface area contributed by atoms with Gasteiger partial charge in [-0.05, 0) is 49.6 Å². The number of nitrogens with zero attached hydrogens (tertiary/aromatic N) is 1. The summed E-state index contributed by atoms with van der Waals surface area (Å²) >= 11 is 0. The zero-order chi connectivity index (χ0) is 16.7. The van der Waals surface area contributed by atoms with Gasteiger partial charge in [0.05, 0.1) is 6.26 Å². The number of aryl methyl sites for hydroxylation is 1. The lowest BCUT2D eigenvalue weighted by molar-refractivity contribution is 0.129. The number of aliphatic hydroxyl groups excluding tert-OH is 1. The molecule has 6 nitrogen and oxygen atoms in total. The van der Waals surface area contributed by atoms with E-state index in [1.807, 2.05) is 26.1 Å². The molecule has 2 amide bonds. The first-order valence-electron chi connectivity index (χ1n) is 7.71. The van der Waals surface area contributed by atoms with Gasteiger partial charge in [-0.3, -0.25) is 4.98 Å². The van der Waals surface area contributed by atoms with Crippen LogP contribution in [0.4, 0.5) is 4.79 Å². The first-order chi connectivity index (χ1) is 11.1. The molecule has 23 heavy (non-hydrogen) atoms. The number of rotatable bonds is 7. The highest BCUT2D eigenvalue weighted by molar-refractivity contribution is 5.74. The molecule has 0 aromatic carbocycles. The number of urea groups is 1. The molecular weight excluding hydrogens is 294 g/mol. The van der Waals surface area contributed by atoms with Crippen LogP contribution in [-0.4, -0.2) is 28.7 Å². The maximum atomic E-state index is 11.9. The monoisotopic (exact) mass is 317 g/mol. The van der Waals surface area contributed by atoms with E-state index < -0.39 is 6.10 Å². The van der Waals surface area contributed by atoms with E-state index in [1.165, 1.54) is 11.8 Å². The Hall–Kier alpha value is -2.34. The molecule has 2 heterocycles. The minimum atomic E-state index is -0.722. The maximum absolute atomic E-state index is 11.9. The topological polar surface area (TPSA) is 87.4 Å². The molecule has 6 heteroatoms. The van der Waals surface area contributed by atoms with Gasteiger partial charge in [0.1, 0.15) is 11.9 Å². The zero-order valence-corrected chi connectivity index (χ0v) is 13.5. The van der Waals surface area contributed by atoms with Crippen molar-refractivity contribution in [3.05, 3.63) is 53.7 Å². The summed E-state index contributed by atoms with van der Waals surface area (Å²) in [6.07, 6.45) is 5.51. The van der Waals surface area contributed by atoms with Gasteiger partial charge in [0.15, 0.2) is 0 Å². The van der Waals surface area contributed by atoms with E-state index in [2.05, 4.69) is 15.6 Å². The molecule has 3 N–H and O–H groups in total. The highest BCUT2D eigenvalue weighted by Gasteiger charge is 2.16. The van der Waals surface area contributed by atoms with E-state index in [4.69, 9.17) is 4.42 Å². The molecule has 2 aromatic rings. The predicted octanol–water partition coefficient (Wildman–Crippen LogP) is 2.34. The third kappa shape index (κ3) is 5.41. The smallest absolute Gasteiger partial charge is 0.315 e. The fourth-order valence-electron chi connectivity index (χ4n) is 2.36. The Bertz CT molecular complexity index is 613. The zero-order valence-electron chi connectivity index (χ0n) is 13.5. The Morgan fingerprint density at radius 1 is 1.43 bits per heavy atom. The lowest BCUT2D eigenvalue weighted by Crippen LogP contribution is -2.42. The fourth-order valence-corrected chi connectivity index (χ4v) is 2.36. The Kier molecular flexibility index (Phi) is 6.17. The van der Waals surface area contributed by atoms with E-state index in [9.17, 15) is 9.90 Å². The van der Waals surface area contributed by atoms with E-state index in [0.717, 1.165) is 12.0 Å². The predicted molar refractivity (Wildman–Crippen MR) is 87.0 cm³/mol. The Morgan fingerprint density at radius 3 is 2.96 bits per heavy atom. The van der Waals surface area contributed by atoms with Gasteiger partial charge >= 0.3 is 6.03 Å². The minimum Gasteiger partial charge on any atom is -0.467 e. The molecule has 0 aliphatic rings. The second-order valence-electron chi connectivity index (χ2n) is 5.62. The van der Waals surface area contributed by atoms with Crippen molar-refractivity contribution in [2.45, 2.75) is 38.8 Å². The molecule has 0 aliphatic carbocycles. The highest BCUT2D eigenvalue weighted by Crippen LogP contribution is 2.18. The molecule has 124 valence electrons. The van der Waals surface area contributed by atoms with E-state index in [0.29, 0.717) is 18.7 Å². The van der Waals surface area contributed by atoms with E-state index in [1.54, 1.807) is 18.3 Å². The molecule has 0 bridgehead atoms. The van der Waals surface area contributed by atoms with Crippen molar-refractivity contribution < 1.29 is 14.3 Å². The lowest BCUT2D eigenvalue weighted by atomic mass is 10.1. The van der Waals surface area contributed by atoms with Crippen LogP contribution < -0.4 is 10.6 Å². The van der Waals surface area contributed by atoms with Crippen molar-refractivity contribution in [1.29, 1.82) is 0 Å². The Labute approximate surface area is 135 Å². The van der Waals surface area contributed by atoms with Crippen molar-refractivity contribution in [3.63, 3.8) is 0 Å². The van der Waals surface area contributed by atoms with Crippen molar-refractivity contribution in [2.24, 2.45) is 0 Å². The highest BCUT2D eigenvalue weighted by atomic mass is 16.4. The van der Waals surface area contributed by atoms with Crippen LogP contribution >= 0.6 is 0 Å². The number of carbonyl (C=O) groups is 1. The average Bonchev–Trinajstić information content (AvgIpc) is 3.03. The molecular formula is C17H23N3O3. The van der Waals surface area contributed by atoms with Gasteiger partial charge in [0, 0.05) is 31.4 Å². The SMILES string of the molecule is Cc1cnccc1CCNC(=O)NC(C)CC(O)c1ccco1. The standard InChI is InChI=1S/C17H23N3O3/c1-12-11-18-7-5-14(12)6-8-19-17(22)20-13(2)10-15(21)16-4-3-9-23-16/h3-5,7,9,11,13,15,21H,6,8,10H2,1-2H3,(H2,19,20,22). The maximum Gasteiger partial charge on any atom is 0.315 e. The third-order valence-electron chi connectivity index (χ3n) is 3.64. The van der Waals surface area contributed by atoms with Gasteiger partial charge in [0.25, 0.3) is 0 Å². The van der Waals surface area contributed by atoms with E-state index >= 15 is 0 Å². The summed E-state index contributed by atoms with van der Waals surface area (Å²) in [4.78, 5) is 15.9. The molecule has 2 unspecified atom stereocenters. The summed E-state index contributed by atoms with van der Waals surface area (Å²) in [5.74, 6) is 0.507. The molecule has 0 radical (unpaired) electrons. The number of aromatic nitrogens is 1. The van der Waals surface area contributed by atoms with Crippen molar-refractivity contribution in [2.75, 3.05) is 6.54 Å². The number of hydrogen-bond donors (Lipinski definition) is 3. The number of amides is 2. The summed E-state index contributed by atoms with van der Waals surface area (Å²) in [6.45, 7) is 4.39. The first kappa shape index (κ1) is 17.0. The first-order valence-corrected chi connectivity index (χ1v) is 7.71. The molecule has 2 atom stereocenters. The summed E-state index contributed by atoms with van der Waals surface area (Å²) < 4.78 is 5.14. The van der Waals surface area contributed by atoms with Crippen LogP contribution in [0.15, 0.2) is 41.3 Å².